The van der Waals surface area contributed by atoms with Crippen LogP contribution in [0.2, 0.25) is 0 Å². The van der Waals surface area contributed by atoms with Gasteiger partial charge in [0.25, 0.3) is 0 Å². The number of carbonyl (C=O) groups is 1. The molecule has 0 saturated carbocycles. The van der Waals surface area contributed by atoms with Gasteiger partial charge in [-0.1, -0.05) is 17.3 Å². The Morgan fingerprint density at radius 3 is 2.81 bits per heavy atom. The highest BCUT2D eigenvalue weighted by Gasteiger charge is 2.09. The minimum Gasteiger partial charge on any atom is -0.354 e. The van der Waals surface area contributed by atoms with Crippen LogP contribution in [-0.2, 0) is 13.0 Å². The van der Waals surface area contributed by atoms with Gasteiger partial charge in [0.1, 0.15) is 4.88 Å². The predicted molar refractivity (Wildman–Crippen MR) is 108 cm³/mol. The van der Waals surface area contributed by atoms with Crippen molar-refractivity contribution in [3.63, 3.8) is 0 Å². The molecule has 0 bridgehead atoms. The number of urea groups is 1. The van der Waals surface area contributed by atoms with E-state index in [2.05, 4.69) is 56.2 Å². The summed E-state index contributed by atoms with van der Waals surface area (Å²) in [6, 6.07) is 5.52. The van der Waals surface area contributed by atoms with Gasteiger partial charge in [-0.25, -0.2) is 9.78 Å². The van der Waals surface area contributed by atoms with E-state index in [1.165, 1.54) is 16.9 Å². The molecule has 0 unspecified atom stereocenters. The third-order valence-corrected chi connectivity index (χ3v) is 4.88. The second-order valence-electron chi connectivity index (χ2n) is 5.90. The molecule has 3 aromatic rings. The van der Waals surface area contributed by atoms with Crippen molar-refractivity contribution in [2.45, 2.75) is 26.8 Å². The van der Waals surface area contributed by atoms with E-state index in [1.54, 1.807) is 12.4 Å². The van der Waals surface area contributed by atoms with E-state index in [0.29, 0.717) is 11.7 Å². The van der Waals surface area contributed by atoms with Gasteiger partial charge in [0, 0.05) is 43.4 Å². The van der Waals surface area contributed by atoms with E-state index >= 15 is 0 Å². The number of aryl methyl sites for hydroxylation is 2. The van der Waals surface area contributed by atoms with Gasteiger partial charge in [-0.2, -0.15) is 0 Å². The number of hydrogen-bond acceptors (Lipinski definition) is 4. The van der Waals surface area contributed by atoms with Gasteiger partial charge in [0.05, 0.1) is 5.69 Å². The molecule has 0 aliphatic heterocycles. The molecule has 0 spiro atoms. The van der Waals surface area contributed by atoms with Crippen molar-refractivity contribution < 1.29 is 4.79 Å². The standard InChI is InChI=1S/C20H21N5OS/c1-3-25-13-9-17(14-25)8-12-22-19(26)24-20-23-15(2)18(27-20)5-4-16-6-10-21-11-7-16/h6-7,9-11,13-14H,3,8,12H2,1-2H3,(H2,22,23,24,26). The van der Waals surface area contributed by atoms with Gasteiger partial charge < -0.3 is 9.88 Å². The Hall–Kier alpha value is -3.11. The van der Waals surface area contributed by atoms with Crippen LogP contribution in [0, 0.1) is 18.8 Å². The van der Waals surface area contributed by atoms with Crippen LogP contribution < -0.4 is 10.6 Å². The van der Waals surface area contributed by atoms with Crippen molar-refractivity contribution in [3.05, 3.63) is 64.7 Å². The fraction of sp³-hybridized carbons (Fsp3) is 0.250. The van der Waals surface area contributed by atoms with Crippen molar-refractivity contribution in [1.82, 2.24) is 19.9 Å². The summed E-state index contributed by atoms with van der Waals surface area (Å²) in [6.07, 6.45) is 8.34. The molecule has 3 heterocycles. The van der Waals surface area contributed by atoms with Crippen LogP contribution in [0.1, 0.15) is 28.6 Å². The second-order valence-corrected chi connectivity index (χ2v) is 6.90. The summed E-state index contributed by atoms with van der Waals surface area (Å²) in [5, 5.41) is 6.18. The van der Waals surface area contributed by atoms with Gasteiger partial charge in [0.2, 0.25) is 0 Å². The first-order chi connectivity index (χ1) is 13.1. The highest BCUT2D eigenvalue weighted by Crippen LogP contribution is 2.21. The van der Waals surface area contributed by atoms with E-state index in [1.807, 2.05) is 25.3 Å². The van der Waals surface area contributed by atoms with Gasteiger partial charge in [-0.15, -0.1) is 0 Å². The molecular weight excluding hydrogens is 358 g/mol. The number of anilines is 1. The zero-order valence-electron chi connectivity index (χ0n) is 15.3. The molecule has 2 amide bonds. The van der Waals surface area contributed by atoms with Crippen LogP contribution in [0.5, 0.6) is 0 Å². The molecule has 7 heteroatoms. The highest BCUT2D eigenvalue weighted by atomic mass is 32.1. The zero-order chi connectivity index (χ0) is 19.1. The van der Waals surface area contributed by atoms with Gasteiger partial charge in [-0.3, -0.25) is 10.3 Å². The molecule has 0 aliphatic rings. The quantitative estimate of drug-likeness (QED) is 0.667. The van der Waals surface area contributed by atoms with Crippen LogP contribution >= 0.6 is 11.3 Å². The minimum atomic E-state index is -0.257. The van der Waals surface area contributed by atoms with Crippen LogP contribution in [0.4, 0.5) is 9.93 Å². The Labute approximate surface area is 162 Å². The normalized spacial score (nSPS) is 10.1. The molecule has 138 valence electrons. The number of carbonyl (C=O) groups excluding carboxylic acids is 1. The fourth-order valence-corrected chi connectivity index (χ4v) is 3.24. The van der Waals surface area contributed by atoms with Crippen LogP contribution in [0.25, 0.3) is 0 Å². The SMILES string of the molecule is CCn1ccc(CCNC(=O)Nc2nc(C)c(C#Cc3ccncc3)s2)c1. The number of nitrogens with zero attached hydrogens (tertiary/aromatic N) is 3. The second kappa shape index (κ2) is 9.01. The average molecular weight is 379 g/mol. The maximum atomic E-state index is 12.1. The van der Waals surface area contributed by atoms with Crippen molar-refractivity contribution in [3.8, 4) is 11.8 Å². The predicted octanol–water partition coefficient (Wildman–Crippen LogP) is 3.43. The number of amides is 2. The lowest BCUT2D eigenvalue weighted by Crippen LogP contribution is -2.30. The minimum absolute atomic E-state index is 0.257. The molecule has 0 radical (unpaired) electrons. The first-order valence-electron chi connectivity index (χ1n) is 8.73. The molecule has 3 rings (SSSR count). The molecule has 2 N–H and O–H groups in total. The fourth-order valence-electron chi connectivity index (χ4n) is 2.43. The van der Waals surface area contributed by atoms with E-state index in [9.17, 15) is 4.79 Å². The van der Waals surface area contributed by atoms with Crippen molar-refractivity contribution in [2.75, 3.05) is 11.9 Å². The Bertz CT molecular complexity index is 965. The lowest BCUT2D eigenvalue weighted by atomic mass is 10.2. The van der Waals surface area contributed by atoms with Crippen molar-refractivity contribution in [2.24, 2.45) is 0 Å². The Balaban J connectivity index is 1.52. The molecule has 27 heavy (non-hydrogen) atoms. The summed E-state index contributed by atoms with van der Waals surface area (Å²) < 4.78 is 2.11. The monoisotopic (exact) mass is 379 g/mol. The van der Waals surface area contributed by atoms with Crippen molar-refractivity contribution in [1.29, 1.82) is 0 Å². The van der Waals surface area contributed by atoms with Crippen LogP contribution in [0.3, 0.4) is 0 Å². The summed E-state index contributed by atoms with van der Waals surface area (Å²) in [5.41, 5.74) is 2.90. The highest BCUT2D eigenvalue weighted by molar-refractivity contribution is 7.16. The van der Waals surface area contributed by atoms with Crippen LogP contribution in [-0.4, -0.2) is 27.1 Å². The van der Waals surface area contributed by atoms with Crippen molar-refractivity contribution >= 4 is 22.5 Å². The molecule has 0 atom stereocenters. The van der Waals surface area contributed by atoms with Crippen LogP contribution in [0.15, 0.2) is 43.0 Å². The number of rotatable bonds is 5. The molecular formula is C20H21N5OS. The topological polar surface area (TPSA) is 71.8 Å². The molecule has 0 aromatic carbocycles. The molecule has 0 aliphatic carbocycles. The number of hydrogen-bond donors (Lipinski definition) is 2. The number of pyridine rings is 1. The lowest BCUT2D eigenvalue weighted by Gasteiger charge is -2.04. The summed E-state index contributed by atoms with van der Waals surface area (Å²) in [5.74, 6) is 6.18. The zero-order valence-corrected chi connectivity index (χ0v) is 16.1. The number of aromatic nitrogens is 3. The maximum absolute atomic E-state index is 12.1. The molecule has 3 aromatic heterocycles. The Kier molecular flexibility index (Phi) is 6.23. The summed E-state index contributed by atoms with van der Waals surface area (Å²) in [6.45, 7) is 5.50. The first kappa shape index (κ1) is 18.7. The summed E-state index contributed by atoms with van der Waals surface area (Å²) in [4.78, 5) is 21.2. The van der Waals surface area contributed by atoms with E-state index in [-0.39, 0.29) is 6.03 Å². The summed E-state index contributed by atoms with van der Waals surface area (Å²) in [7, 11) is 0. The lowest BCUT2D eigenvalue weighted by molar-refractivity contribution is 0.252. The number of nitrogens with one attached hydrogen (secondary N) is 2. The van der Waals surface area contributed by atoms with E-state index in [0.717, 1.165) is 29.1 Å². The largest absolute Gasteiger partial charge is 0.354 e. The van der Waals surface area contributed by atoms with E-state index in [4.69, 9.17) is 0 Å². The van der Waals surface area contributed by atoms with Gasteiger partial charge in [-0.05, 0) is 50.0 Å². The summed E-state index contributed by atoms with van der Waals surface area (Å²) >= 11 is 1.37. The maximum Gasteiger partial charge on any atom is 0.321 e. The Morgan fingerprint density at radius 1 is 1.26 bits per heavy atom. The Morgan fingerprint density at radius 2 is 2.07 bits per heavy atom. The molecule has 0 fully saturated rings. The average Bonchev–Trinajstić information content (AvgIpc) is 3.27. The van der Waals surface area contributed by atoms with E-state index < -0.39 is 0 Å². The third-order valence-electron chi connectivity index (χ3n) is 3.89. The number of thiazole rings is 1. The first-order valence-corrected chi connectivity index (χ1v) is 9.54. The van der Waals surface area contributed by atoms with Gasteiger partial charge in [0.15, 0.2) is 5.13 Å². The van der Waals surface area contributed by atoms with Gasteiger partial charge >= 0.3 is 6.03 Å². The smallest absolute Gasteiger partial charge is 0.321 e. The third kappa shape index (κ3) is 5.43. The molecule has 0 saturated heterocycles. The molecule has 6 nitrogen and oxygen atoms in total.